The fraction of sp³-hybridized carbons (Fsp3) is 0.850. The molecule has 4 aliphatic carbocycles. The number of aliphatic hydroxyl groups is 1. The molecule has 2 nitrogen and oxygen atoms in total. The van der Waals surface area contributed by atoms with Crippen molar-refractivity contribution in [2.45, 2.75) is 71.8 Å². The summed E-state index contributed by atoms with van der Waals surface area (Å²) in [4.78, 5) is 12.0. The monoisotopic (exact) mass is 302 g/mol. The van der Waals surface area contributed by atoms with Gasteiger partial charge in [0.1, 0.15) is 0 Å². The number of carbonyl (C=O) groups is 1. The lowest BCUT2D eigenvalue weighted by Crippen LogP contribution is -2.53. The van der Waals surface area contributed by atoms with Gasteiger partial charge in [-0.25, -0.2) is 0 Å². The molecule has 0 aromatic heterocycles. The largest absolute Gasteiger partial charge is 0.393 e. The lowest BCUT2D eigenvalue weighted by atomic mass is 9.45. The molecule has 1 N–H and O–H groups in total. The molecule has 7 unspecified atom stereocenters. The summed E-state index contributed by atoms with van der Waals surface area (Å²) in [6, 6.07) is 0. The summed E-state index contributed by atoms with van der Waals surface area (Å²) in [6.07, 6.45) is 9.59. The molecule has 3 saturated carbocycles. The summed E-state index contributed by atoms with van der Waals surface area (Å²) in [5, 5.41) is 10.5. The summed E-state index contributed by atoms with van der Waals surface area (Å²) in [7, 11) is 0. The van der Waals surface area contributed by atoms with Gasteiger partial charge in [-0.3, -0.25) is 4.79 Å². The second-order valence-corrected chi connectivity index (χ2v) is 9.08. The first kappa shape index (κ1) is 14.9. The van der Waals surface area contributed by atoms with Crippen LogP contribution < -0.4 is 0 Å². The first-order chi connectivity index (χ1) is 10.4. The average Bonchev–Trinajstić information content (AvgIpc) is 2.77. The average molecular weight is 302 g/mol. The predicted octanol–water partition coefficient (Wildman–Crippen LogP) is 4.13. The zero-order chi connectivity index (χ0) is 15.7. The van der Waals surface area contributed by atoms with Crippen LogP contribution in [0.2, 0.25) is 0 Å². The Labute approximate surface area is 134 Å². The van der Waals surface area contributed by atoms with Gasteiger partial charge in [-0.1, -0.05) is 26.3 Å². The quantitative estimate of drug-likeness (QED) is 0.730. The van der Waals surface area contributed by atoms with E-state index in [0.29, 0.717) is 17.6 Å². The standard InChI is InChI=1S/C20H30O2/c1-12-10-14(21)11-13-4-5-15-16-6-7-18(22)19(16,2)9-8-17(15)20(12,13)3/h11-12,15-18,22H,4-10H2,1-3H3. The van der Waals surface area contributed by atoms with E-state index in [1.54, 1.807) is 0 Å². The van der Waals surface area contributed by atoms with Crippen molar-refractivity contribution in [3.8, 4) is 0 Å². The van der Waals surface area contributed by atoms with Crippen LogP contribution in [0.5, 0.6) is 0 Å². The van der Waals surface area contributed by atoms with E-state index in [-0.39, 0.29) is 16.9 Å². The smallest absolute Gasteiger partial charge is 0.155 e. The van der Waals surface area contributed by atoms with Crippen molar-refractivity contribution in [3.63, 3.8) is 0 Å². The Bertz CT molecular complexity index is 536. The molecule has 22 heavy (non-hydrogen) atoms. The molecule has 7 atom stereocenters. The van der Waals surface area contributed by atoms with Crippen LogP contribution in [0.4, 0.5) is 0 Å². The second kappa shape index (κ2) is 4.69. The lowest BCUT2D eigenvalue weighted by molar-refractivity contribution is -0.121. The van der Waals surface area contributed by atoms with Gasteiger partial charge < -0.3 is 5.11 Å². The van der Waals surface area contributed by atoms with Crippen LogP contribution in [0.3, 0.4) is 0 Å². The summed E-state index contributed by atoms with van der Waals surface area (Å²) in [5.74, 6) is 3.00. The van der Waals surface area contributed by atoms with Crippen molar-refractivity contribution in [2.24, 2.45) is 34.5 Å². The number of aliphatic hydroxyl groups excluding tert-OH is 1. The Balaban J connectivity index is 1.72. The van der Waals surface area contributed by atoms with Gasteiger partial charge in [-0.15, -0.1) is 0 Å². The van der Waals surface area contributed by atoms with Gasteiger partial charge in [0.05, 0.1) is 6.10 Å². The van der Waals surface area contributed by atoms with Crippen molar-refractivity contribution in [3.05, 3.63) is 11.6 Å². The fourth-order valence-corrected chi connectivity index (χ4v) is 6.91. The summed E-state index contributed by atoms with van der Waals surface area (Å²) in [5.41, 5.74) is 1.83. The second-order valence-electron chi connectivity index (χ2n) is 9.08. The number of hydrogen-bond acceptors (Lipinski definition) is 2. The Kier molecular flexibility index (Phi) is 3.18. The molecular formula is C20H30O2. The summed E-state index contributed by atoms with van der Waals surface area (Å²) in [6.45, 7) is 7.08. The number of ketones is 1. The minimum absolute atomic E-state index is 0.0893. The highest BCUT2D eigenvalue weighted by atomic mass is 16.3. The molecule has 0 heterocycles. The van der Waals surface area contributed by atoms with Crippen LogP contribution >= 0.6 is 0 Å². The normalized spacial score (nSPS) is 54.3. The number of allylic oxidation sites excluding steroid dienone is 1. The van der Waals surface area contributed by atoms with E-state index in [1.807, 2.05) is 6.08 Å². The molecule has 0 saturated heterocycles. The molecule has 3 fully saturated rings. The van der Waals surface area contributed by atoms with Gasteiger partial charge in [0.2, 0.25) is 0 Å². The Hall–Kier alpha value is -0.630. The molecule has 122 valence electrons. The minimum atomic E-state index is -0.0893. The molecule has 0 aliphatic heterocycles. The molecular weight excluding hydrogens is 272 g/mol. The van der Waals surface area contributed by atoms with Crippen LogP contribution in [0.15, 0.2) is 11.6 Å². The third-order valence-corrected chi connectivity index (χ3v) is 8.46. The third kappa shape index (κ3) is 1.74. The maximum absolute atomic E-state index is 12.0. The third-order valence-electron chi connectivity index (χ3n) is 8.46. The zero-order valence-electron chi connectivity index (χ0n) is 14.3. The molecule has 0 amide bonds. The molecule has 4 aliphatic rings. The van der Waals surface area contributed by atoms with Crippen molar-refractivity contribution in [1.29, 1.82) is 0 Å². The van der Waals surface area contributed by atoms with E-state index < -0.39 is 0 Å². The molecule has 4 rings (SSSR count). The highest BCUT2D eigenvalue weighted by Gasteiger charge is 2.59. The van der Waals surface area contributed by atoms with Gasteiger partial charge in [0.15, 0.2) is 5.78 Å². The number of fused-ring (bicyclic) bond motifs is 5. The summed E-state index contributed by atoms with van der Waals surface area (Å²) >= 11 is 0. The first-order valence-corrected chi connectivity index (χ1v) is 9.29. The molecule has 0 bridgehead atoms. The topological polar surface area (TPSA) is 37.3 Å². The highest BCUT2D eigenvalue weighted by Crippen LogP contribution is 2.66. The maximum atomic E-state index is 12.0. The lowest BCUT2D eigenvalue weighted by Gasteiger charge is -2.59. The predicted molar refractivity (Wildman–Crippen MR) is 87.3 cm³/mol. The fourth-order valence-electron chi connectivity index (χ4n) is 6.91. The Morgan fingerprint density at radius 1 is 1.14 bits per heavy atom. The SMILES string of the molecule is CC1CC(=O)C=C2CCC3C4CCC(O)C4(C)CCC3C21C. The van der Waals surface area contributed by atoms with Crippen LogP contribution in [0.25, 0.3) is 0 Å². The van der Waals surface area contributed by atoms with Crippen LogP contribution in [-0.4, -0.2) is 17.0 Å². The molecule has 2 heteroatoms. The summed E-state index contributed by atoms with van der Waals surface area (Å²) < 4.78 is 0. The van der Waals surface area contributed by atoms with Crippen LogP contribution in [0.1, 0.15) is 65.7 Å². The van der Waals surface area contributed by atoms with Gasteiger partial charge in [-0.2, -0.15) is 0 Å². The van der Waals surface area contributed by atoms with E-state index >= 15 is 0 Å². The molecule has 0 aromatic carbocycles. The van der Waals surface area contributed by atoms with E-state index in [1.165, 1.54) is 31.3 Å². The number of carbonyl (C=O) groups excluding carboxylic acids is 1. The van der Waals surface area contributed by atoms with E-state index in [2.05, 4.69) is 20.8 Å². The maximum Gasteiger partial charge on any atom is 0.155 e. The van der Waals surface area contributed by atoms with Gasteiger partial charge in [-0.05, 0) is 79.1 Å². The number of rotatable bonds is 0. The minimum Gasteiger partial charge on any atom is -0.393 e. The van der Waals surface area contributed by atoms with Crippen LogP contribution in [0, 0.1) is 34.5 Å². The van der Waals surface area contributed by atoms with Gasteiger partial charge >= 0.3 is 0 Å². The number of hydrogen-bond donors (Lipinski definition) is 1. The Morgan fingerprint density at radius 3 is 2.68 bits per heavy atom. The van der Waals surface area contributed by atoms with Crippen molar-refractivity contribution < 1.29 is 9.90 Å². The van der Waals surface area contributed by atoms with Crippen molar-refractivity contribution in [2.75, 3.05) is 0 Å². The van der Waals surface area contributed by atoms with Gasteiger partial charge in [0.25, 0.3) is 0 Å². The van der Waals surface area contributed by atoms with Gasteiger partial charge in [0, 0.05) is 6.42 Å². The Morgan fingerprint density at radius 2 is 1.91 bits per heavy atom. The van der Waals surface area contributed by atoms with E-state index in [4.69, 9.17) is 0 Å². The van der Waals surface area contributed by atoms with Crippen molar-refractivity contribution >= 4 is 5.78 Å². The molecule has 0 aromatic rings. The first-order valence-electron chi connectivity index (χ1n) is 9.29. The van der Waals surface area contributed by atoms with Crippen molar-refractivity contribution in [1.82, 2.24) is 0 Å². The van der Waals surface area contributed by atoms with Crippen LogP contribution in [-0.2, 0) is 4.79 Å². The zero-order valence-corrected chi connectivity index (χ0v) is 14.3. The van der Waals surface area contributed by atoms with E-state index in [0.717, 1.165) is 31.1 Å². The molecule has 0 radical (unpaired) electrons. The van der Waals surface area contributed by atoms with E-state index in [9.17, 15) is 9.90 Å². The highest BCUT2D eigenvalue weighted by molar-refractivity contribution is 5.92. The molecule has 0 spiro atoms.